The molecule has 1 atom stereocenters. The van der Waals surface area contributed by atoms with Crippen LogP contribution >= 0.6 is 11.3 Å². The van der Waals surface area contributed by atoms with Gasteiger partial charge in [-0.2, -0.15) is 18.3 Å². The molecule has 0 spiro atoms. The maximum absolute atomic E-state index is 13.8. The van der Waals surface area contributed by atoms with E-state index in [2.05, 4.69) is 25.6 Å². The third kappa shape index (κ3) is 5.19. The Hall–Kier alpha value is -2.73. The van der Waals surface area contributed by atoms with Gasteiger partial charge in [-0.1, -0.05) is 6.07 Å². The molecule has 3 heterocycles. The van der Waals surface area contributed by atoms with Gasteiger partial charge in [0.25, 0.3) is 0 Å². The molecule has 0 radical (unpaired) electrons. The summed E-state index contributed by atoms with van der Waals surface area (Å²) >= 11 is 1.73. The maximum atomic E-state index is 13.8. The fourth-order valence-electron chi connectivity index (χ4n) is 5.23. The van der Waals surface area contributed by atoms with Crippen LogP contribution in [0.3, 0.4) is 0 Å². The van der Waals surface area contributed by atoms with Gasteiger partial charge in [0.1, 0.15) is 0 Å². The number of thiazole rings is 1. The number of hydrogen-bond donors (Lipinski definition) is 2. The van der Waals surface area contributed by atoms with Gasteiger partial charge in [-0.15, -0.1) is 11.3 Å². The number of hydrogen-bond acceptors (Lipinski definition) is 6. The average molecular weight is 525 g/mol. The highest BCUT2D eigenvalue weighted by molar-refractivity contribution is 7.09. The molecule has 1 saturated heterocycles. The summed E-state index contributed by atoms with van der Waals surface area (Å²) in [6.45, 7) is 1.54. The lowest BCUT2D eigenvalue weighted by Crippen LogP contribution is -2.63. The molecule has 2 N–H and O–H groups in total. The van der Waals surface area contributed by atoms with E-state index in [1.165, 1.54) is 15.8 Å². The minimum absolute atomic E-state index is 0.0714. The van der Waals surface area contributed by atoms with Crippen LogP contribution in [0, 0.1) is 0 Å². The van der Waals surface area contributed by atoms with Gasteiger partial charge in [0, 0.05) is 49.1 Å². The number of anilines is 1. The molecule has 1 unspecified atom stereocenters. The van der Waals surface area contributed by atoms with Crippen LogP contribution in [-0.2, 0) is 11.8 Å². The van der Waals surface area contributed by atoms with E-state index in [9.17, 15) is 22.4 Å². The van der Waals surface area contributed by atoms with Crippen molar-refractivity contribution in [3.05, 3.63) is 40.3 Å². The molecular formula is C24H28F4N6OS. The molecule has 3 aromatic rings. The van der Waals surface area contributed by atoms with E-state index < -0.39 is 17.9 Å². The first-order valence-electron chi connectivity index (χ1n) is 12.0. The van der Waals surface area contributed by atoms with Crippen molar-refractivity contribution in [3.8, 4) is 0 Å². The largest absolute Gasteiger partial charge is 0.423 e. The molecule has 2 aliphatic rings. The number of aryl methyl sites for hydroxylation is 1. The average Bonchev–Trinajstić information content (AvgIpc) is 3.47. The van der Waals surface area contributed by atoms with E-state index in [1.807, 2.05) is 11.6 Å². The Morgan fingerprint density at radius 2 is 1.97 bits per heavy atom. The number of carbonyl (C=O) groups is 1. The smallest absolute Gasteiger partial charge is 0.359 e. The molecule has 1 amide bonds. The van der Waals surface area contributed by atoms with Crippen molar-refractivity contribution in [2.45, 2.75) is 56.0 Å². The Morgan fingerprint density at radius 1 is 1.22 bits per heavy atom. The summed E-state index contributed by atoms with van der Waals surface area (Å²) < 4.78 is 53.7. The number of amides is 1. The first-order valence-corrected chi connectivity index (χ1v) is 12.9. The molecule has 7 nitrogen and oxygen atoms in total. The van der Waals surface area contributed by atoms with Crippen LogP contribution in [0.5, 0.6) is 0 Å². The number of alkyl halides is 4. The van der Waals surface area contributed by atoms with Crippen LogP contribution in [0.2, 0.25) is 0 Å². The van der Waals surface area contributed by atoms with Gasteiger partial charge >= 0.3 is 6.18 Å². The summed E-state index contributed by atoms with van der Waals surface area (Å²) in [5.41, 5.74) is 0.0426. The molecule has 36 heavy (non-hydrogen) atoms. The lowest BCUT2D eigenvalue weighted by molar-refractivity contribution is -0.182. The number of benzene rings is 1. The topological polar surface area (TPSA) is 75.1 Å². The fourth-order valence-corrected chi connectivity index (χ4v) is 6.04. The number of nitrogens with one attached hydrogen (secondary N) is 2. The zero-order chi connectivity index (χ0) is 25.4. The van der Waals surface area contributed by atoms with E-state index in [0.29, 0.717) is 22.9 Å². The highest BCUT2D eigenvalue weighted by Gasteiger charge is 2.41. The third-order valence-corrected chi connectivity index (χ3v) is 8.10. The van der Waals surface area contributed by atoms with Gasteiger partial charge in [0.05, 0.1) is 23.1 Å². The summed E-state index contributed by atoms with van der Waals surface area (Å²) in [7, 11) is 1.64. The molecule has 2 fully saturated rings. The standard InChI is InChI=1S/C24H28F4N6OS/c1-33-19-7-4-15(21(25)24(26,27)28)10-18(19)22(32-33)30-11-20(35)31-16-12-34(13-16)17-5-2-14(3-6-17)23-29-8-9-36-23/h4,7-10,14,16-17,21H,2-3,5-6,11-13H2,1H3,(H,30,32)(H,31,35). The van der Waals surface area contributed by atoms with Crippen molar-refractivity contribution in [1.82, 2.24) is 25.0 Å². The summed E-state index contributed by atoms with van der Waals surface area (Å²) in [4.78, 5) is 19.4. The second-order valence-electron chi connectivity index (χ2n) is 9.60. The van der Waals surface area contributed by atoms with E-state index in [-0.39, 0.29) is 24.3 Å². The van der Waals surface area contributed by atoms with E-state index in [0.717, 1.165) is 50.9 Å². The van der Waals surface area contributed by atoms with Crippen LogP contribution in [-0.4, -0.2) is 63.5 Å². The van der Waals surface area contributed by atoms with Crippen molar-refractivity contribution in [2.75, 3.05) is 25.0 Å². The molecule has 1 aliphatic heterocycles. The Kier molecular flexibility index (Phi) is 6.90. The predicted octanol–water partition coefficient (Wildman–Crippen LogP) is 4.54. The van der Waals surface area contributed by atoms with Crippen LogP contribution in [0.25, 0.3) is 10.9 Å². The number of nitrogens with zero attached hydrogens (tertiary/aromatic N) is 4. The van der Waals surface area contributed by atoms with Gasteiger partial charge in [-0.25, -0.2) is 9.37 Å². The quantitative estimate of drug-likeness (QED) is 0.444. The van der Waals surface area contributed by atoms with Crippen LogP contribution in [0.1, 0.15) is 48.3 Å². The Balaban J connectivity index is 1.10. The Labute approximate surface area is 209 Å². The number of aromatic nitrogens is 3. The molecule has 194 valence electrons. The maximum Gasteiger partial charge on any atom is 0.423 e. The van der Waals surface area contributed by atoms with Gasteiger partial charge in [-0.3, -0.25) is 14.4 Å². The Morgan fingerprint density at radius 3 is 2.64 bits per heavy atom. The highest BCUT2D eigenvalue weighted by Crippen LogP contribution is 2.38. The lowest BCUT2D eigenvalue weighted by atomic mass is 9.84. The number of fused-ring (bicyclic) bond motifs is 1. The molecule has 5 rings (SSSR count). The van der Waals surface area contributed by atoms with Crippen molar-refractivity contribution in [3.63, 3.8) is 0 Å². The Bertz CT molecular complexity index is 1200. The number of rotatable bonds is 7. The zero-order valence-corrected chi connectivity index (χ0v) is 20.6. The molecule has 1 aromatic carbocycles. The van der Waals surface area contributed by atoms with Crippen molar-refractivity contribution in [1.29, 1.82) is 0 Å². The number of halogens is 4. The van der Waals surface area contributed by atoms with E-state index in [1.54, 1.807) is 18.4 Å². The number of likely N-dealkylation sites (tertiary alicyclic amines) is 1. The predicted molar refractivity (Wildman–Crippen MR) is 130 cm³/mol. The van der Waals surface area contributed by atoms with Crippen molar-refractivity contribution < 1.29 is 22.4 Å². The second kappa shape index (κ2) is 9.97. The first-order chi connectivity index (χ1) is 17.2. The molecule has 2 aromatic heterocycles. The zero-order valence-electron chi connectivity index (χ0n) is 19.8. The number of carbonyl (C=O) groups excluding carboxylic acids is 1. The van der Waals surface area contributed by atoms with Crippen molar-refractivity contribution in [2.24, 2.45) is 7.05 Å². The van der Waals surface area contributed by atoms with Gasteiger partial charge in [0.15, 0.2) is 5.82 Å². The minimum Gasteiger partial charge on any atom is -0.359 e. The van der Waals surface area contributed by atoms with Crippen molar-refractivity contribution >= 4 is 34.0 Å². The summed E-state index contributed by atoms with van der Waals surface area (Å²) in [6, 6.07) is 4.24. The molecule has 12 heteroatoms. The highest BCUT2D eigenvalue weighted by atomic mass is 32.1. The van der Waals surface area contributed by atoms with Crippen LogP contribution < -0.4 is 10.6 Å². The van der Waals surface area contributed by atoms with Crippen LogP contribution in [0.15, 0.2) is 29.8 Å². The van der Waals surface area contributed by atoms with Crippen LogP contribution in [0.4, 0.5) is 23.4 Å². The minimum atomic E-state index is -4.99. The SMILES string of the molecule is Cn1nc(NCC(=O)NC2CN(C3CCC(c4nccs4)CC3)C2)c2cc(C(F)C(F)(F)F)ccc21. The summed E-state index contributed by atoms with van der Waals surface area (Å²) in [5.74, 6) is 0.582. The third-order valence-electron chi connectivity index (χ3n) is 7.16. The van der Waals surface area contributed by atoms with Gasteiger partial charge in [-0.05, 0) is 43.4 Å². The first kappa shape index (κ1) is 24.9. The molecule has 0 bridgehead atoms. The second-order valence-corrected chi connectivity index (χ2v) is 10.5. The summed E-state index contributed by atoms with van der Waals surface area (Å²) in [6.07, 6.45) is -1.65. The monoisotopic (exact) mass is 524 g/mol. The van der Waals surface area contributed by atoms with Gasteiger partial charge in [0.2, 0.25) is 12.1 Å². The molecule has 1 aliphatic carbocycles. The normalized spacial score (nSPS) is 22.4. The molecule has 1 saturated carbocycles. The summed E-state index contributed by atoms with van der Waals surface area (Å²) in [5, 5.41) is 13.7. The van der Waals surface area contributed by atoms with Gasteiger partial charge < -0.3 is 10.6 Å². The molecular weight excluding hydrogens is 496 g/mol. The van der Waals surface area contributed by atoms with E-state index in [4.69, 9.17) is 0 Å². The fraction of sp³-hybridized carbons (Fsp3) is 0.542. The lowest BCUT2D eigenvalue weighted by Gasteiger charge is -2.46. The van der Waals surface area contributed by atoms with E-state index >= 15 is 0 Å².